The van der Waals surface area contributed by atoms with E-state index in [1.54, 1.807) is 48.5 Å². The molecule has 1 heterocycles. The molecule has 0 N–H and O–H groups in total. The molecule has 0 fully saturated rings. The van der Waals surface area contributed by atoms with Crippen molar-refractivity contribution in [1.82, 2.24) is 0 Å². The molecule has 0 aliphatic carbocycles. The quantitative estimate of drug-likeness (QED) is 0.0696. The number of azo groups is 2. The summed E-state index contributed by atoms with van der Waals surface area (Å²) in [4.78, 5) is 8.98. The monoisotopic (exact) mass is 888 g/mol. The van der Waals surface area contributed by atoms with Crippen molar-refractivity contribution in [2.24, 2.45) is 20.5 Å². The van der Waals surface area contributed by atoms with E-state index in [4.69, 9.17) is 4.74 Å². The number of benzene rings is 7. The minimum Gasteiger partial charge on any atom is -0.871 e. The first-order valence-corrected chi connectivity index (χ1v) is 19.0. The number of rotatable bonds is 6. The van der Waals surface area contributed by atoms with Crippen LogP contribution in [0.1, 0.15) is 0 Å². The van der Waals surface area contributed by atoms with Crippen LogP contribution in [0.3, 0.4) is 0 Å². The summed E-state index contributed by atoms with van der Waals surface area (Å²) in [5.74, 6) is -3.23. The Balaban J connectivity index is 0.000000248. The maximum atomic E-state index is 12.8. The van der Waals surface area contributed by atoms with Gasteiger partial charge in [0.1, 0.15) is 26.5 Å². The third-order valence-corrected chi connectivity index (χ3v) is 10.8. The van der Waals surface area contributed by atoms with Gasteiger partial charge in [0.15, 0.2) is 5.94 Å². The zero-order chi connectivity index (χ0) is 39.9. The van der Waals surface area contributed by atoms with Crippen molar-refractivity contribution >= 4 is 80.7 Å². The third-order valence-electron chi connectivity index (χ3n) is 8.46. The van der Waals surface area contributed by atoms with Gasteiger partial charge >= 0.3 is 76.5 Å². The number of non-ortho nitro benzene ring substituents is 1. The first-order chi connectivity index (χ1) is 26.7. The van der Waals surface area contributed by atoms with Gasteiger partial charge in [0, 0.05) is 33.7 Å². The number of nitro benzene ring substituents is 1. The van der Waals surface area contributed by atoms with Gasteiger partial charge in [0.25, 0.3) is 5.69 Å². The summed E-state index contributed by atoms with van der Waals surface area (Å²) < 4.78 is 64.5. The van der Waals surface area contributed by atoms with E-state index in [0.29, 0.717) is 10.8 Å². The molecule has 0 aromatic heterocycles. The zero-order valence-corrected chi connectivity index (χ0v) is 37.4. The van der Waals surface area contributed by atoms with E-state index in [2.05, 4.69) is 20.5 Å². The molecule has 0 saturated carbocycles. The van der Waals surface area contributed by atoms with E-state index in [1.165, 1.54) is 24.3 Å². The molecule has 0 unspecified atom stereocenters. The molecule has 0 bridgehead atoms. The van der Waals surface area contributed by atoms with Crippen LogP contribution in [-0.2, 0) is 37.3 Å². The van der Waals surface area contributed by atoms with Gasteiger partial charge in [-0.25, -0.2) is 16.8 Å². The van der Waals surface area contributed by atoms with Crippen molar-refractivity contribution in [3.05, 3.63) is 119 Å². The molecular weight excluding hydrogens is 869 g/mol. The summed E-state index contributed by atoms with van der Waals surface area (Å²) in [6, 6.07) is 26.1. The van der Waals surface area contributed by atoms with E-state index in [0.717, 1.165) is 29.7 Å². The molecule has 8 rings (SSSR count). The fourth-order valence-electron chi connectivity index (χ4n) is 5.91. The van der Waals surface area contributed by atoms with Crippen LogP contribution in [0, 0.1) is 10.1 Å². The fraction of sp³-hybridized carbons (Fsp3) is 0.0270. The second-order valence-corrected chi connectivity index (χ2v) is 15.1. The number of fused-ring (bicyclic) bond motifs is 5. The van der Waals surface area contributed by atoms with Crippen LogP contribution < -0.4 is 84.3 Å². The molecule has 22 heteroatoms. The van der Waals surface area contributed by atoms with Gasteiger partial charge in [-0.05, 0) is 22.9 Å². The average Bonchev–Trinajstić information content (AvgIpc) is 3.49. The van der Waals surface area contributed by atoms with Gasteiger partial charge in [0.05, 0.1) is 26.9 Å². The maximum absolute atomic E-state index is 12.8. The van der Waals surface area contributed by atoms with Crippen LogP contribution in [0.5, 0.6) is 28.7 Å². The van der Waals surface area contributed by atoms with Crippen molar-refractivity contribution in [2.75, 3.05) is 5.94 Å². The van der Waals surface area contributed by atoms with E-state index in [-0.39, 0.29) is 126 Å². The number of ether oxygens (including phenoxy) is 1. The SMILES string of the molecule is O=S(=O)([O-])c1cc([O-])c(N=Nc2c([O-])ccc3ccccc23)c2ccccc12.O=[N+]([O-])c1ccc(N=Nc2c3c(c4ccccc4c2[O-])OCS3(=O)=O)c([O-])c1.[Cr+3].[Na+].[Na+]. The Hall–Kier alpha value is -4.69. The Morgan fingerprint density at radius 3 is 1.81 bits per heavy atom. The molecule has 0 saturated heterocycles. The molecule has 0 amide bonds. The number of hydrogen-bond donors (Lipinski definition) is 0. The van der Waals surface area contributed by atoms with Gasteiger partial charge in [0.2, 0.25) is 9.84 Å². The Morgan fingerprint density at radius 1 is 0.627 bits per heavy atom. The van der Waals surface area contributed by atoms with Crippen molar-refractivity contribution in [1.29, 1.82) is 0 Å². The average molecular weight is 889 g/mol. The molecular formula is C37H20CrN5Na2O12S2. The Labute approximate surface area is 389 Å². The van der Waals surface area contributed by atoms with E-state index in [9.17, 15) is 51.9 Å². The van der Waals surface area contributed by atoms with Crippen molar-refractivity contribution < 1.29 is 128 Å². The first-order valence-electron chi connectivity index (χ1n) is 15.9. The second kappa shape index (κ2) is 18.7. The standard InChI is InChI=1S/C20H14N2O5S.C17H11N3O7S.Cr.2Na/c23-16-10-9-12-5-1-2-6-13(12)19(16)21-22-20-15-8-4-3-7-14(15)18(11-17(20)24)28(25,26)27;21-13-7-9(20(23)24)5-6-12(13)18-19-14-15(22)10-3-1-2-4-11(10)16-17(14)28(25,26)8-27-16;;;/h1-11,23-24H,(H,25,26,27);1-7,21-22H,8H2;;;/q;;+3;2*+1/p-5. The van der Waals surface area contributed by atoms with Crippen molar-refractivity contribution in [3.8, 4) is 28.7 Å². The predicted octanol–water partition coefficient (Wildman–Crippen LogP) is -0.101. The van der Waals surface area contributed by atoms with E-state index in [1.807, 2.05) is 12.1 Å². The largest absolute Gasteiger partial charge is 3.00 e. The van der Waals surface area contributed by atoms with E-state index < -0.39 is 64.3 Å². The molecule has 17 nitrogen and oxygen atoms in total. The van der Waals surface area contributed by atoms with Gasteiger partial charge < -0.3 is 29.7 Å². The summed E-state index contributed by atoms with van der Waals surface area (Å²) in [6.07, 6.45) is 0. The van der Waals surface area contributed by atoms with Gasteiger partial charge in [-0.3, -0.25) is 10.1 Å². The van der Waals surface area contributed by atoms with Crippen molar-refractivity contribution in [2.45, 2.75) is 9.79 Å². The molecule has 1 radical (unpaired) electrons. The smallest absolute Gasteiger partial charge is 0.871 e. The van der Waals surface area contributed by atoms with Crippen LogP contribution in [0.25, 0.3) is 32.3 Å². The second-order valence-electron chi connectivity index (χ2n) is 11.9. The van der Waals surface area contributed by atoms with Crippen LogP contribution >= 0.6 is 0 Å². The summed E-state index contributed by atoms with van der Waals surface area (Å²) in [7, 11) is -8.77. The molecule has 1 aliphatic rings. The summed E-state index contributed by atoms with van der Waals surface area (Å²) >= 11 is 0. The number of sulfone groups is 1. The Bertz CT molecular complexity index is 3080. The Morgan fingerprint density at radius 2 is 1.19 bits per heavy atom. The van der Waals surface area contributed by atoms with Gasteiger partial charge in [-0.15, -0.1) is 5.11 Å². The minimum atomic E-state index is -4.84. The minimum absolute atomic E-state index is 0. The zero-order valence-electron chi connectivity index (χ0n) is 30.5. The summed E-state index contributed by atoms with van der Waals surface area (Å²) in [6.45, 7) is 0. The van der Waals surface area contributed by atoms with Crippen LogP contribution in [0.2, 0.25) is 0 Å². The number of nitro groups is 1. The summed E-state index contributed by atoms with van der Waals surface area (Å²) in [5.41, 5.74) is -1.24. The van der Waals surface area contributed by atoms with E-state index >= 15 is 0 Å². The molecule has 7 aromatic rings. The molecule has 285 valence electrons. The topological polar surface area (TPSA) is 285 Å². The molecule has 0 spiro atoms. The number of hydrogen-bond acceptors (Lipinski definition) is 16. The van der Waals surface area contributed by atoms with Crippen LogP contribution in [-0.4, -0.2) is 32.3 Å². The first kappa shape index (κ1) is 47.0. The predicted molar refractivity (Wildman–Crippen MR) is 192 cm³/mol. The normalized spacial score (nSPS) is 12.8. The molecule has 7 aromatic carbocycles. The Kier molecular flexibility index (Phi) is 14.9. The van der Waals surface area contributed by atoms with Crippen molar-refractivity contribution in [3.63, 3.8) is 0 Å². The third kappa shape index (κ3) is 9.38. The van der Waals surface area contributed by atoms with Crippen LogP contribution in [0.4, 0.5) is 28.4 Å². The molecule has 0 atom stereocenters. The fourth-order valence-corrected chi connectivity index (χ4v) is 7.88. The van der Waals surface area contributed by atoms with Gasteiger partial charge in [-0.1, -0.05) is 108 Å². The molecule has 59 heavy (non-hydrogen) atoms. The maximum Gasteiger partial charge on any atom is 3.00 e. The molecule has 1 aliphatic heterocycles. The van der Waals surface area contributed by atoms with Crippen LogP contribution in [0.15, 0.2) is 139 Å². The number of nitrogens with zero attached hydrogens (tertiary/aromatic N) is 5. The van der Waals surface area contributed by atoms with Gasteiger partial charge in [-0.2, -0.15) is 15.3 Å². The summed E-state index contributed by atoms with van der Waals surface area (Å²) in [5, 5.41) is 77.6.